The van der Waals surface area contributed by atoms with E-state index in [2.05, 4.69) is 10.1 Å². The Labute approximate surface area is 153 Å². The van der Waals surface area contributed by atoms with Crippen LogP contribution in [0.2, 0.25) is 0 Å². The van der Waals surface area contributed by atoms with Crippen LogP contribution in [-0.4, -0.2) is 66.4 Å². The summed E-state index contributed by atoms with van der Waals surface area (Å²) in [7, 11) is 1.11. The van der Waals surface area contributed by atoms with Crippen molar-refractivity contribution in [3.8, 4) is 0 Å². The van der Waals surface area contributed by atoms with Gasteiger partial charge in [0.25, 0.3) is 0 Å². The van der Waals surface area contributed by atoms with Gasteiger partial charge in [-0.3, -0.25) is 9.69 Å². The number of nitrogens with one attached hydrogen (secondary N) is 1. The molecule has 1 atom stereocenters. The number of methoxy groups -OCH3 is 1. The summed E-state index contributed by atoms with van der Waals surface area (Å²) in [6, 6.07) is -1.29. The molecule has 0 aromatic heterocycles. The van der Waals surface area contributed by atoms with Crippen LogP contribution in [0.3, 0.4) is 0 Å². The molecule has 3 N–H and O–H groups in total. The lowest BCUT2D eigenvalue weighted by atomic mass is 10.2. The molecule has 0 heterocycles. The van der Waals surface area contributed by atoms with Crippen molar-refractivity contribution >= 4 is 24.1 Å². The Balaban J connectivity index is 5.40. The third-order valence-corrected chi connectivity index (χ3v) is 2.56. The number of carbonyl (C=O) groups is 4. The molecule has 0 aromatic carbocycles. The molecule has 0 bridgehead atoms. The van der Waals surface area contributed by atoms with Gasteiger partial charge >= 0.3 is 18.2 Å². The van der Waals surface area contributed by atoms with Gasteiger partial charge in [-0.25, -0.2) is 14.4 Å². The number of nitrogens with two attached hydrogens (primary N) is 1. The third kappa shape index (κ3) is 10.4. The zero-order valence-corrected chi connectivity index (χ0v) is 16.4. The van der Waals surface area contributed by atoms with Crippen molar-refractivity contribution in [2.24, 2.45) is 5.73 Å². The van der Waals surface area contributed by atoms with Crippen LogP contribution in [0.15, 0.2) is 0 Å². The molecule has 0 aromatic rings. The van der Waals surface area contributed by atoms with Crippen LogP contribution < -0.4 is 11.1 Å². The lowest BCUT2D eigenvalue weighted by molar-refractivity contribution is -0.158. The van der Waals surface area contributed by atoms with E-state index < -0.39 is 47.9 Å². The summed E-state index contributed by atoms with van der Waals surface area (Å²) in [5.74, 6) is -1.61. The molecule has 0 saturated heterocycles. The molecule has 26 heavy (non-hydrogen) atoms. The van der Waals surface area contributed by atoms with Crippen molar-refractivity contribution in [2.75, 3.05) is 20.2 Å². The number of esters is 1. The van der Waals surface area contributed by atoms with E-state index in [4.69, 9.17) is 15.2 Å². The topological polar surface area (TPSA) is 137 Å². The summed E-state index contributed by atoms with van der Waals surface area (Å²) in [5.41, 5.74) is 3.48. The van der Waals surface area contributed by atoms with Crippen molar-refractivity contribution in [3.05, 3.63) is 0 Å². The summed E-state index contributed by atoms with van der Waals surface area (Å²) in [6.07, 6.45) is -1.76. The van der Waals surface area contributed by atoms with Crippen molar-refractivity contribution in [1.82, 2.24) is 10.2 Å². The molecule has 0 saturated carbocycles. The van der Waals surface area contributed by atoms with Crippen LogP contribution in [0.25, 0.3) is 0 Å². The van der Waals surface area contributed by atoms with Crippen molar-refractivity contribution < 1.29 is 33.4 Å². The molecule has 0 aliphatic carbocycles. The number of rotatable bonds is 6. The Hall–Kier alpha value is -2.52. The number of ether oxygens (including phenoxy) is 3. The molecular formula is C16H29N3O7. The highest BCUT2D eigenvalue weighted by molar-refractivity contribution is 5.84. The van der Waals surface area contributed by atoms with Crippen molar-refractivity contribution in [3.63, 3.8) is 0 Å². The van der Waals surface area contributed by atoms with Gasteiger partial charge < -0.3 is 25.3 Å². The highest BCUT2D eigenvalue weighted by Gasteiger charge is 2.32. The zero-order chi connectivity index (χ0) is 20.7. The average Bonchev–Trinajstić information content (AvgIpc) is 2.40. The molecule has 0 unspecified atom stereocenters. The van der Waals surface area contributed by atoms with E-state index in [1.165, 1.54) is 0 Å². The van der Waals surface area contributed by atoms with Gasteiger partial charge in [0, 0.05) is 0 Å². The number of hydrogen-bond acceptors (Lipinski definition) is 7. The van der Waals surface area contributed by atoms with Crippen LogP contribution in [0.4, 0.5) is 9.59 Å². The van der Waals surface area contributed by atoms with Gasteiger partial charge in [0.1, 0.15) is 23.8 Å². The van der Waals surface area contributed by atoms with Crippen LogP contribution in [-0.2, 0) is 23.8 Å². The van der Waals surface area contributed by atoms with Gasteiger partial charge in [-0.2, -0.15) is 0 Å². The van der Waals surface area contributed by atoms with E-state index in [-0.39, 0.29) is 6.54 Å². The normalized spacial score (nSPS) is 12.6. The second-order valence-electron chi connectivity index (χ2n) is 7.55. The van der Waals surface area contributed by atoms with Crippen molar-refractivity contribution in [2.45, 2.75) is 58.8 Å². The minimum atomic E-state index is -1.29. The number of carbonyl (C=O) groups excluding carboxylic acids is 4. The smallest absolute Gasteiger partial charge is 0.410 e. The summed E-state index contributed by atoms with van der Waals surface area (Å²) in [6.45, 7) is 9.03. The predicted molar refractivity (Wildman–Crippen MR) is 92.2 cm³/mol. The first-order valence-corrected chi connectivity index (χ1v) is 7.98. The maximum Gasteiger partial charge on any atom is 0.410 e. The average molecular weight is 375 g/mol. The maximum absolute atomic E-state index is 12.4. The van der Waals surface area contributed by atoms with Gasteiger partial charge in [-0.05, 0) is 41.5 Å². The van der Waals surface area contributed by atoms with Gasteiger partial charge in [-0.15, -0.1) is 0 Å². The standard InChI is InChI=1S/C16H29N3O7/c1-15(2,3)25-12(21)10(18-13(22)26-16(4,5)6)8-19(9-11(17)20)14(23)24-7/h10H,8-9H2,1-7H3,(H2,17,20)(H,18,22)/t10-/m0/s1. The minimum Gasteiger partial charge on any atom is -0.458 e. The Morgan fingerprint density at radius 2 is 1.50 bits per heavy atom. The lowest BCUT2D eigenvalue weighted by Gasteiger charge is -2.29. The van der Waals surface area contributed by atoms with E-state index >= 15 is 0 Å². The first kappa shape index (κ1) is 23.5. The Bertz CT molecular complexity index is 535. The largest absolute Gasteiger partial charge is 0.458 e. The fourth-order valence-corrected chi connectivity index (χ4v) is 1.74. The second kappa shape index (κ2) is 9.25. The Morgan fingerprint density at radius 3 is 1.88 bits per heavy atom. The number of nitrogens with zero attached hydrogens (tertiary/aromatic N) is 1. The highest BCUT2D eigenvalue weighted by atomic mass is 16.6. The minimum absolute atomic E-state index is 0.385. The molecule has 0 spiro atoms. The van der Waals surface area contributed by atoms with Crippen molar-refractivity contribution in [1.29, 1.82) is 0 Å². The lowest BCUT2D eigenvalue weighted by Crippen LogP contribution is -2.53. The zero-order valence-electron chi connectivity index (χ0n) is 16.4. The molecule has 0 aliphatic rings. The van der Waals surface area contributed by atoms with E-state index in [9.17, 15) is 19.2 Å². The summed E-state index contributed by atoms with van der Waals surface area (Å²) < 4.78 is 14.9. The Morgan fingerprint density at radius 1 is 1.00 bits per heavy atom. The molecular weight excluding hydrogens is 346 g/mol. The summed E-state index contributed by atoms with van der Waals surface area (Å²) >= 11 is 0. The monoisotopic (exact) mass is 375 g/mol. The Kier molecular flexibility index (Phi) is 8.36. The maximum atomic E-state index is 12.4. The van der Waals surface area contributed by atoms with E-state index in [0.29, 0.717) is 0 Å². The number of amides is 3. The second-order valence-corrected chi connectivity index (χ2v) is 7.55. The SMILES string of the molecule is COC(=O)N(CC(N)=O)C[C@H](NC(=O)OC(C)(C)C)C(=O)OC(C)(C)C. The molecule has 0 aliphatic heterocycles. The van der Waals surface area contributed by atoms with Crippen LogP contribution >= 0.6 is 0 Å². The molecule has 3 amide bonds. The molecule has 0 radical (unpaired) electrons. The quantitative estimate of drug-likeness (QED) is 0.517. The van der Waals surface area contributed by atoms with Gasteiger partial charge in [-0.1, -0.05) is 0 Å². The van der Waals surface area contributed by atoms with Gasteiger partial charge in [0.15, 0.2) is 0 Å². The van der Waals surface area contributed by atoms with E-state index in [1.54, 1.807) is 41.5 Å². The van der Waals surface area contributed by atoms with E-state index in [1.807, 2.05) is 0 Å². The molecule has 10 heteroatoms. The van der Waals surface area contributed by atoms with Crippen LogP contribution in [0.1, 0.15) is 41.5 Å². The third-order valence-electron chi connectivity index (χ3n) is 2.56. The summed E-state index contributed by atoms with van der Waals surface area (Å²) in [4.78, 5) is 48.3. The number of primary amides is 1. The van der Waals surface area contributed by atoms with Gasteiger partial charge in [0.05, 0.1) is 13.7 Å². The molecule has 10 nitrogen and oxygen atoms in total. The highest BCUT2D eigenvalue weighted by Crippen LogP contribution is 2.11. The molecule has 0 fully saturated rings. The van der Waals surface area contributed by atoms with Crippen LogP contribution in [0.5, 0.6) is 0 Å². The first-order chi connectivity index (χ1) is 11.6. The fraction of sp³-hybridized carbons (Fsp3) is 0.750. The molecule has 150 valence electrons. The summed E-state index contributed by atoms with van der Waals surface area (Å²) in [5, 5.41) is 2.34. The number of alkyl carbamates (subject to hydrolysis) is 1. The van der Waals surface area contributed by atoms with Gasteiger partial charge in [0.2, 0.25) is 5.91 Å². The van der Waals surface area contributed by atoms with Crippen LogP contribution in [0, 0.1) is 0 Å². The fourth-order valence-electron chi connectivity index (χ4n) is 1.74. The number of hydrogen-bond donors (Lipinski definition) is 2. The van der Waals surface area contributed by atoms with E-state index in [0.717, 1.165) is 12.0 Å². The predicted octanol–water partition coefficient (Wildman–Crippen LogP) is 0.775. The first-order valence-electron chi connectivity index (χ1n) is 7.98. The molecule has 0 rings (SSSR count).